The van der Waals surface area contributed by atoms with E-state index in [0.717, 1.165) is 0 Å². The third-order valence-corrected chi connectivity index (χ3v) is 1.74. The van der Waals surface area contributed by atoms with E-state index in [4.69, 9.17) is 10.8 Å². The molecule has 0 radical (unpaired) electrons. The Morgan fingerprint density at radius 1 is 1.60 bits per heavy atom. The van der Waals surface area contributed by atoms with Crippen molar-refractivity contribution < 1.29 is 23.8 Å². The summed E-state index contributed by atoms with van der Waals surface area (Å²) >= 11 is 0. The summed E-state index contributed by atoms with van der Waals surface area (Å²) in [6, 6.07) is 0.670. The topological polar surface area (TPSA) is 96.4 Å². The number of halogens is 2. The molecule has 0 fully saturated rings. The normalized spacial score (nSPS) is 10.7. The van der Waals surface area contributed by atoms with Crippen LogP contribution in [0.1, 0.15) is 28.2 Å². The number of aromatic hydroxyl groups is 1. The zero-order chi connectivity index (χ0) is 11.6. The first-order chi connectivity index (χ1) is 6.97. The lowest BCUT2D eigenvalue weighted by atomic mass is 10.1. The number of aromatic carboxylic acids is 1. The van der Waals surface area contributed by atoms with E-state index in [1.807, 2.05) is 0 Å². The van der Waals surface area contributed by atoms with Crippen molar-refractivity contribution in [3.8, 4) is 5.75 Å². The summed E-state index contributed by atoms with van der Waals surface area (Å²) in [5, 5.41) is 17.8. The van der Waals surface area contributed by atoms with Crippen molar-refractivity contribution in [2.24, 2.45) is 5.73 Å². The first-order valence-corrected chi connectivity index (χ1v) is 3.91. The minimum atomic E-state index is -3.01. The van der Waals surface area contributed by atoms with Crippen molar-refractivity contribution in [1.29, 1.82) is 0 Å². The largest absolute Gasteiger partial charge is 0.506 e. The van der Waals surface area contributed by atoms with Crippen molar-refractivity contribution in [2.75, 3.05) is 0 Å². The van der Waals surface area contributed by atoms with Gasteiger partial charge < -0.3 is 15.9 Å². The minimum absolute atomic E-state index is 0.128. The van der Waals surface area contributed by atoms with Crippen LogP contribution >= 0.6 is 0 Å². The van der Waals surface area contributed by atoms with Gasteiger partial charge in [-0.2, -0.15) is 0 Å². The number of hydrogen-bond acceptors (Lipinski definition) is 4. The molecule has 0 saturated carbocycles. The molecule has 0 aliphatic heterocycles. The summed E-state index contributed by atoms with van der Waals surface area (Å²) < 4.78 is 24.7. The number of hydrogen-bond donors (Lipinski definition) is 3. The molecule has 0 spiro atoms. The Morgan fingerprint density at radius 2 is 2.20 bits per heavy atom. The number of aromatic nitrogens is 1. The van der Waals surface area contributed by atoms with Gasteiger partial charge in [-0.05, 0) is 6.07 Å². The van der Waals surface area contributed by atoms with Gasteiger partial charge >= 0.3 is 5.97 Å². The van der Waals surface area contributed by atoms with E-state index in [9.17, 15) is 18.7 Å². The molecular formula is C8H8F2N2O3. The van der Waals surface area contributed by atoms with Crippen LogP contribution in [-0.2, 0) is 6.54 Å². The third kappa shape index (κ3) is 2.18. The first kappa shape index (κ1) is 11.3. The van der Waals surface area contributed by atoms with Gasteiger partial charge in [0.1, 0.15) is 5.75 Å². The van der Waals surface area contributed by atoms with Gasteiger partial charge in [0.05, 0.1) is 11.3 Å². The molecule has 0 unspecified atom stereocenters. The highest BCUT2D eigenvalue weighted by atomic mass is 19.3. The van der Waals surface area contributed by atoms with Crippen LogP contribution in [0.2, 0.25) is 0 Å². The molecule has 1 heterocycles. The van der Waals surface area contributed by atoms with Crippen LogP contribution in [0.5, 0.6) is 5.75 Å². The summed E-state index contributed by atoms with van der Waals surface area (Å²) in [5.41, 5.74) is 3.40. The Hall–Kier alpha value is -1.76. The number of alkyl halides is 2. The van der Waals surface area contributed by atoms with E-state index in [1.165, 1.54) is 0 Å². The number of nitrogens with two attached hydrogens (primary N) is 1. The number of nitrogens with zero attached hydrogens (tertiary/aromatic N) is 1. The van der Waals surface area contributed by atoms with Gasteiger partial charge in [0.25, 0.3) is 6.43 Å². The number of rotatable bonds is 3. The van der Waals surface area contributed by atoms with E-state index in [0.29, 0.717) is 6.07 Å². The minimum Gasteiger partial charge on any atom is -0.506 e. The summed E-state index contributed by atoms with van der Waals surface area (Å²) in [4.78, 5) is 13.9. The highest BCUT2D eigenvalue weighted by Crippen LogP contribution is 2.27. The van der Waals surface area contributed by atoms with Crippen LogP contribution in [0.15, 0.2) is 6.07 Å². The second-order valence-electron chi connectivity index (χ2n) is 2.70. The van der Waals surface area contributed by atoms with E-state index in [-0.39, 0.29) is 12.2 Å². The van der Waals surface area contributed by atoms with Crippen molar-refractivity contribution in [1.82, 2.24) is 4.98 Å². The molecule has 4 N–H and O–H groups in total. The van der Waals surface area contributed by atoms with Crippen molar-refractivity contribution in [3.05, 3.63) is 23.0 Å². The Labute approximate surface area is 83.2 Å². The maximum absolute atomic E-state index is 12.4. The van der Waals surface area contributed by atoms with Gasteiger partial charge in [-0.15, -0.1) is 0 Å². The lowest BCUT2D eigenvalue weighted by Crippen LogP contribution is -2.10. The fraction of sp³-hybridized carbons (Fsp3) is 0.250. The van der Waals surface area contributed by atoms with Gasteiger partial charge in [0, 0.05) is 6.54 Å². The smallest absolute Gasteiger partial charge is 0.355 e. The predicted molar refractivity (Wildman–Crippen MR) is 45.7 cm³/mol. The van der Waals surface area contributed by atoms with Crippen molar-refractivity contribution in [3.63, 3.8) is 0 Å². The molecule has 15 heavy (non-hydrogen) atoms. The van der Waals surface area contributed by atoms with Gasteiger partial charge in [-0.1, -0.05) is 0 Å². The van der Waals surface area contributed by atoms with Crippen LogP contribution in [0.3, 0.4) is 0 Å². The van der Waals surface area contributed by atoms with Crippen LogP contribution < -0.4 is 5.73 Å². The molecule has 1 aromatic rings. The monoisotopic (exact) mass is 218 g/mol. The molecule has 82 valence electrons. The van der Waals surface area contributed by atoms with Crippen molar-refractivity contribution in [2.45, 2.75) is 13.0 Å². The lowest BCUT2D eigenvalue weighted by molar-refractivity contribution is 0.0676. The van der Waals surface area contributed by atoms with Gasteiger partial charge in [0.15, 0.2) is 5.69 Å². The fourth-order valence-electron chi connectivity index (χ4n) is 1.04. The average molecular weight is 218 g/mol. The number of carboxylic acid groups (broad SMARTS) is 1. The average Bonchev–Trinajstić information content (AvgIpc) is 2.16. The molecule has 0 bridgehead atoms. The zero-order valence-corrected chi connectivity index (χ0v) is 7.44. The van der Waals surface area contributed by atoms with Crippen molar-refractivity contribution >= 4 is 5.97 Å². The Kier molecular flexibility index (Phi) is 3.15. The number of pyridine rings is 1. The van der Waals surface area contributed by atoms with E-state index < -0.39 is 29.4 Å². The molecular weight excluding hydrogens is 210 g/mol. The first-order valence-electron chi connectivity index (χ1n) is 3.91. The highest BCUT2D eigenvalue weighted by Gasteiger charge is 2.22. The van der Waals surface area contributed by atoms with Gasteiger partial charge in [-0.3, -0.25) is 0 Å². The molecule has 0 saturated heterocycles. The fourth-order valence-corrected chi connectivity index (χ4v) is 1.04. The van der Waals surface area contributed by atoms with Crippen LogP contribution in [0.25, 0.3) is 0 Å². The molecule has 0 atom stereocenters. The van der Waals surface area contributed by atoms with Crippen LogP contribution in [0, 0.1) is 0 Å². The zero-order valence-electron chi connectivity index (χ0n) is 7.44. The summed E-state index contributed by atoms with van der Waals surface area (Å²) in [6.07, 6.45) is -3.01. The second-order valence-corrected chi connectivity index (χ2v) is 2.70. The molecule has 5 nitrogen and oxygen atoms in total. The second kappa shape index (κ2) is 4.18. The van der Waals surface area contributed by atoms with E-state index in [2.05, 4.69) is 4.98 Å². The lowest BCUT2D eigenvalue weighted by Gasteiger charge is -2.07. The quantitative estimate of drug-likeness (QED) is 0.699. The SMILES string of the molecule is NCc1nc(C(=O)O)c(C(F)F)cc1O. The third-order valence-electron chi connectivity index (χ3n) is 1.74. The molecule has 0 amide bonds. The summed E-state index contributed by atoms with van der Waals surface area (Å²) in [7, 11) is 0. The molecule has 7 heteroatoms. The van der Waals surface area contributed by atoms with Gasteiger partial charge in [0.2, 0.25) is 0 Å². The van der Waals surface area contributed by atoms with E-state index in [1.54, 1.807) is 0 Å². The molecule has 1 rings (SSSR count). The summed E-state index contributed by atoms with van der Waals surface area (Å²) in [6.45, 7) is -0.227. The van der Waals surface area contributed by atoms with Crippen LogP contribution in [-0.4, -0.2) is 21.2 Å². The Morgan fingerprint density at radius 3 is 2.60 bits per heavy atom. The molecule has 0 aliphatic rings. The van der Waals surface area contributed by atoms with E-state index >= 15 is 0 Å². The Balaban J connectivity index is 3.39. The number of carbonyl (C=O) groups is 1. The predicted octanol–water partition coefficient (Wildman–Crippen LogP) is 0.882. The summed E-state index contributed by atoms with van der Waals surface area (Å²) in [5.74, 6) is -2.11. The van der Waals surface area contributed by atoms with Gasteiger partial charge in [-0.25, -0.2) is 18.6 Å². The molecule has 1 aromatic heterocycles. The molecule has 0 aromatic carbocycles. The standard InChI is InChI=1S/C8H8F2N2O3/c9-7(10)3-1-5(13)4(2-11)12-6(3)8(14)15/h1,7,13H,2,11H2,(H,14,15). The maximum atomic E-state index is 12.4. The molecule has 0 aliphatic carbocycles. The number of carboxylic acids is 1. The maximum Gasteiger partial charge on any atom is 0.355 e. The highest BCUT2D eigenvalue weighted by molar-refractivity contribution is 5.87. The Bertz CT molecular complexity index is 396. The van der Waals surface area contributed by atoms with Crippen LogP contribution in [0.4, 0.5) is 8.78 Å².